The molecule has 0 spiro atoms. The van der Waals surface area contributed by atoms with Crippen LogP contribution in [0.3, 0.4) is 0 Å². The topological polar surface area (TPSA) is 68.6 Å². The Labute approximate surface area is 209 Å². The van der Waals surface area contributed by atoms with Gasteiger partial charge in [-0.3, -0.25) is 19.3 Å². The first-order chi connectivity index (χ1) is 16.9. The van der Waals surface area contributed by atoms with Crippen molar-refractivity contribution in [2.75, 3.05) is 19.7 Å². The first-order valence-corrected chi connectivity index (χ1v) is 12.9. The number of hydrogen-bond acceptors (Lipinski definition) is 6. The van der Waals surface area contributed by atoms with Crippen LogP contribution in [0.15, 0.2) is 48.3 Å². The lowest BCUT2D eigenvalue weighted by Crippen LogP contribution is -2.43. The molecule has 2 aromatic rings. The molecule has 6 nitrogen and oxygen atoms in total. The van der Waals surface area contributed by atoms with Crippen LogP contribution in [0, 0.1) is 11.7 Å². The molecule has 4 rings (SSSR count). The summed E-state index contributed by atoms with van der Waals surface area (Å²) in [5, 5.41) is 0.0170. The number of hydrogen-bond donors (Lipinski definition) is 0. The highest BCUT2D eigenvalue weighted by atomic mass is 32.2. The van der Waals surface area contributed by atoms with Gasteiger partial charge >= 0.3 is 5.97 Å². The Morgan fingerprint density at radius 1 is 1.20 bits per heavy atom. The lowest BCUT2D eigenvalue weighted by molar-refractivity contribution is -0.143. The number of halogens is 1. The van der Waals surface area contributed by atoms with Gasteiger partial charge in [-0.05, 0) is 49.5 Å². The Morgan fingerprint density at radius 3 is 2.66 bits per heavy atom. The highest BCUT2D eigenvalue weighted by Gasteiger charge is 2.41. The third-order valence-corrected chi connectivity index (χ3v) is 7.50. The summed E-state index contributed by atoms with van der Waals surface area (Å²) in [4.78, 5) is 39.1. The summed E-state index contributed by atoms with van der Waals surface area (Å²) >= 11 is 1.29. The molecule has 1 aliphatic carbocycles. The predicted octanol–water partition coefficient (Wildman–Crippen LogP) is 4.65. The minimum Gasteiger partial charge on any atom is -0.465 e. The molecule has 2 unspecified atom stereocenters. The molecule has 186 valence electrons. The van der Waals surface area contributed by atoms with E-state index in [1.807, 2.05) is 24.5 Å². The van der Waals surface area contributed by atoms with Crippen LogP contribution in [0.4, 0.5) is 4.39 Å². The van der Waals surface area contributed by atoms with Crippen LogP contribution < -0.4 is 0 Å². The Morgan fingerprint density at radius 2 is 1.97 bits per heavy atom. The maximum absolute atomic E-state index is 14.8. The minimum atomic E-state index is -0.635. The molecule has 2 heterocycles. The largest absolute Gasteiger partial charge is 0.465 e. The van der Waals surface area contributed by atoms with E-state index in [4.69, 9.17) is 4.74 Å². The van der Waals surface area contributed by atoms with Crippen LogP contribution in [0.5, 0.6) is 0 Å². The van der Waals surface area contributed by atoms with Gasteiger partial charge in [0.25, 0.3) is 0 Å². The summed E-state index contributed by atoms with van der Waals surface area (Å²) in [6, 6.07) is 7.79. The van der Waals surface area contributed by atoms with E-state index in [1.165, 1.54) is 17.8 Å². The van der Waals surface area contributed by atoms with Crippen LogP contribution in [-0.2, 0) is 25.7 Å². The minimum absolute atomic E-state index is 0.00624. The van der Waals surface area contributed by atoms with Crippen LogP contribution >= 0.6 is 11.8 Å². The Kier molecular flexibility index (Phi) is 8.23. The second-order valence-electron chi connectivity index (χ2n) is 9.10. The van der Waals surface area contributed by atoms with Crippen molar-refractivity contribution in [1.82, 2.24) is 9.47 Å². The van der Waals surface area contributed by atoms with Gasteiger partial charge in [0.1, 0.15) is 12.4 Å². The zero-order valence-electron chi connectivity index (χ0n) is 20.1. The average Bonchev–Trinajstić information content (AvgIpc) is 3.58. The van der Waals surface area contributed by atoms with E-state index in [9.17, 15) is 18.8 Å². The average molecular weight is 499 g/mol. The number of likely N-dealkylation sites (tertiary alicyclic amines) is 1. The van der Waals surface area contributed by atoms with Crippen molar-refractivity contribution >= 4 is 34.7 Å². The van der Waals surface area contributed by atoms with Gasteiger partial charge < -0.3 is 9.30 Å². The zero-order chi connectivity index (χ0) is 24.9. The van der Waals surface area contributed by atoms with Crippen LogP contribution in [-0.4, -0.2) is 51.3 Å². The number of aromatic nitrogens is 1. The fourth-order valence-electron chi connectivity index (χ4n) is 4.61. The van der Waals surface area contributed by atoms with E-state index in [-0.39, 0.29) is 40.4 Å². The molecule has 0 radical (unpaired) electrons. The van der Waals surface area contributed by atoms with Gasteiger partial charge in [-0.25, -0.2) is 4.39 Å². The molecule has 2 fully saturated rings. The number of Topliss-reactive ketones (excluding diaryl/α,β-unsaturated/α-hetero) is 1. The Balaban J connectivity index is 1.61. The van der Waals surface area contributed by atoms with Crippen molar-refractivity contribution in [3.63, 3.8) is 0 Å². The standard InChI is InChI=1S/C27H31FN2O4S/c1-3-34-25(32)17-29-12-10-19(15-29)14-21-16-30(13-11-24(21)35-18(2)31)26(27(33)20-8-9-20)22-6-4-5-7-23(22)28/h4-7,10,12,14-15,20,24,26H,3,8-9,11,13,16-17H2,1-2H3. The SMILES string of the molecule is CCOC(=O)Cn1ccc(C=C2CN(C(C(=O)C3CC3)c3ccccc3F)CCC2SC(C)=O)c1. The summed E-state index contributed by atoms with van der Waals surface area (Å²) in [6.45, 7) is 4.85. The first kappa shape index (κ1) is 25.4. The van der Waals surface area contributed by atoms with E-state index in [1.54, 1.807) is 36.6 Å². The van der Waals surface area contributed by atoms with Gasteiger partial charge in [-0.15, -0.1) is 0 Å². The smallest absolute Gasteiger partial charge is 0.325 e. The van der Waals surface area contributed by atoms with Crippen molar-refractivity contribution in [3.05, 3.63) is 65.2 Å². The number of piperidine rings is 1. The normalized spacial score (nSPS) is 20.5. The van der Waals surface area contributed by atoms with Gasteiger partial charge in [0.15, 0.2) is 10.9 Å². The number of nitrogens with zero attached hydrogens (tertiary/aromatic N) is 2. The Bertz CT molecular complexity index is 1120. The van der Waals surface area contributed by atoms with E-state index in [2.05, 4.69) is 4.90 Å². The molecule has 1 saturated carbocycles. The number of carbonyl (C=O) groups excluding carboxylic acids is 3. The van der Waals surface area contributed by atoms with Gasteiger partial charge in [0.05, 0.1) is 12.6 Å². The molecule has 2 atom stereocenters. The summed E-state index contributed by atoms with van der Waals surface area (Å²) in [6.07, 6.45) is 8.10. The number of carbonyl (C=O) groups is 3. The summed E-state index contributed by atoms with van der Waals surface area (Å²) < 4.78 is 21.6. The maximum atomic E-state index is 14.8. The predicted molar refractivity (Wildman–Crippen MR) is 134 cm³/mol. The third kappa shape index (κ3) is 6.49. The fraction of sp³-hybridized carbons (Fsp3) is 0.444. The monoisotopic (exact) mass is 498 g/mol. The van der Waals surface area contributed by atoms with Gasteiger partial charge in [-0.2, -0.15) is 0 Å². The zero-order valence-corrected chi connectivity index (χ0v) is 20.9. The molecule has 1 saturated heterocycles. The van der Waals surface area contributed by atoms with Crippen LogP contribution in [0.2, 0.25) is 0 Å². The van der Waals surface area contributed by atoms with Gasteiger partial charge in [0, 0.05) is 49.1 Å². The molecule has 2 aliphatic rings. The van der Waals surface area contributed by atoms with Crippen molar-refractivity contribution in [3.8, 4) is 0 Å². The van der Waals surface area contributed by atoms with Crippen molar-refractivity contribution in [2.24, 2.45) is 5.92 Å². The number of ether oxygens (including phenoxy) is 1. The molecule has 0 N–H and O–H groups in total. The summed E-state index contributed by atoms with van der Waals surface area (Å²) in [5.41, 5.74) is 2.33. The molecule has 8 heteroatoms. The number of benzene rings is 1. The third-order valence-electron chi connectivity index (χ3n) is 6.34. The molecule has 35 heavy (non-hydrogen) atoms. The quantitative estimate of drug-likeness (QED) is 0.469. The highest BCUT2D eigenvalue weighted by molar-refractivity contribution is 8.14. The second kappa shape index (κ2) is 11.4. The van der Waals surface area contributed by atoms with Crippen molar-refractivity contribution in [1.29, 1.82) is 0 Å². The molecule has 1 aliphatic heterocycles. The summed E-state index contributed by atoms with van der Waals surface area (Å²) in [5.74, 6) is -0.600. The van der Waals surface area contributed by atoms with Crippen LogP contribution in [0.1, 0.15) is 50.3 Å². The lowest BCUT2D eigenvalue weighted by Gasteiger charge is -2.38. The summed E-state index contributed by atoms with van der Waals surface area (Å²) in [7, 11) is 0. The molecule has 1 aromatic carbocycles. The molecular formula is C27H31FN2O4S. The van der Waals surface area contributed by atoms with Crippen molar-refractivity contribution < 1.29 is 23.5 Å². The number of thioether (sulfide) groups is 1. The maximum Gasteiger partial charge on any atom is 0.325 e. The van der Waals surface area contributed by atoms with E-state index < -0.39 is 6.04 Å². The first-order valence-electron chi connectivity index (χ1n) is 12.1. The lowest BCUT2D eigenvalue weighted by atomic mass is 9.93. The van der Waals surface area contributed by atoms with Crippen molar-refractivity contribution in [2.45, 2.75) is 50.9 Å². The van der Waals surface area contributed by atoms with Gasteiger partial charge in [0.2, 0.25) is 0 Å². The van der Waals surface area contributed by atoms with E-state index >= 15 is 0 Å². The number of esters is 1. The molecule has 0 amide bonds. The number of ketones is 1. The second-order valence-corrected chi connectivity index (χ2v) is 10.5. The highest BCUT2D eigenvalue weighted by Crippen LogP contribution is 2.40. The van der Waals surface area contributed by atoms with Gasteiger partial charge in [-0.1, -0.05) is 36.0 Å². The Hall–Kier alpha value is -2.71. The molecule has 1 aromatic heterocycles. The van der Waals surface area contributed by atoms with E-state index in [0.717, 1.165) is 24.0 Å². The van der Waals surface area contributed by atoms with E-state index in [0.29, 0.717) is 31.7 Å². The fourth-order valence-corrected chi connectivity index (χ4v) is 5.53. The number of rotatable bonds is 9. The molecule has 0 bridgehead atoms. The molecular weight excluding hydrogens is 467 g/mol. The van der Waals surface area contributed by atoms with Crippen LogP contribution in [0.25, 0.3) is 6.08 Å².